The summed E-state index contributed by atoms with van der Waals surface area (Å²) in [6, 6.07) is 9.02. The summed E-state index contributed by atoms with van der Waals surface area (Å²) in [5.74, 6) is -1.79. The van der Waals surface area contributed by atoms with Crippen LogP contribution in [0.15, 0.2) is 53.9 Å². The number of halogens is 4. The Morgan fingerprint density at radius 2 is 1.71 bits per heavy atom. The Kier molecular flexibility index (Phi) is 6.29. The van der Waals surface area contributed by atoms with Gasteiger partial charge in [-0.1, -0.05) is 25.1 Å². The van der Waals surface area contributed by atoms with E-state index >= 15 is 0 Å². The second kappa shape index (κ2) is 8.61. The van der Waals surface area contributed by atoms with Crippen molar-refractivity contribution in [3.63, 3.8) is 0 Å². The maximum Gasteiger partial charge on any atom is 0.416 e. The third kappa shape index (κ3) is 4.38. The lowest BCUT2D eigenvalue weighted by Crippen LogP contribution is -2.41. The van der Waals surface area contributed by atoms with Crippen LogP contribution in [0.25, 0.3) is 0 Å². The van der Waals surface area contributed by atoms with Crippen molar-refractivity contribution >= 4 is 11.7 Å². The molecule has 0 radical (unpaired) electrons. The SMILES string of the molecule is CCN(CC)C1=C(C(=O)O)C(C)c2ccc(C(F)(F)F)cc2N1Cc1ccc(F)cc1. The fourth-order valence-electron chi connectivity index (χ4n) is 4.01. The third-order valence-electron chi connectivity index (χ3n) is 5.59. The lowest BCUT2D eigenvalue weighted by Gasteiger charge is -2.42. The van der Waals surface area contributed by atoms with Crippen molar-refractivity contribution in [3.8, 4) is 0 Å². The second-order valence-electron chi connectivity index (χ2n) is 7.42. The van der Waals surface area contributed by atoms with Gasteiger partial charge in [0, 0.05) is 31.2 Å². The van der Waals surface area contributed by atoms with Crippen LogP contribution in [0.4, 0.5) is 23.2 Å². The Morgan fingerprint density at radius 3 is 2.23 bits per heavy atom. The number of aliphatic carboxylic acids is 1. The van der Waals surface area contributed by atoms with Crippen molar-refractivity contribution in [2.75, 3.05) is 18.0 Å². The molecule has 0 aliphatic carbocycles. The molecule has 3 rings (SSSR count). The summed E-state index contributed by atoms with van der Waals surface area (Å²) >= 11 is 0. The van der Waals surface area contributed by atoms with Crippen molar-refractivity contribution in [2.24, 2.45) is 0 Å². The van der Waals surface area contributed by atoms with E-state index < -0.39 is 29.4 Å². The number of anilines is 1. The standard InChI is InChI=1S/C23H24F4N2O2/c1-4-28(5-2)21-20(22(30)31)14(3)18-11-8-16(23(25,26)27)12-19(18)29(21)13-15-6-9-17(24)10-7-15/h6-12,14H,4-5,13H2,1-3H3,(H,30,31). The van der Waals surface area contributed by atoms with E-state index in [1.165, 1.54) is 18.2 Å². The predicted octanol–water partition coefficient (Wildman–Crippen LogP) is 5.61. The monoisotopic (exact) mass is 436 g/mol. The lowest BCUT2D eigenvalue weighted by molar-refractivity contribution is -0.137. The first-order valence-electron chi connectivity index (χ1n) is 10.0. The average molecular weight is 436 g/mol. The first-order chi connectivity index (χ1) is 14.6. The third-order valence-corrected chi connectivity index (χ3v) is 5.59. The molecule has 0 aromatic heterocycles. The number of alkyl halides is 3. The first-order valence-corrected chi connectivity index (χ1v) is 10.0. The van der Waals surface area contributed by atoms with Gasteiger partial charge in [0.15, 0.2) is 0 Å². The van der Waals surface area contributed by atoms with Gasteiger partial charge in [0.2, 0.25) is 0 Å². The molecule has 0 saturated heterocycles. The summed E-state index contributed by atoms with van der Waals surface area (Å²) in [4.78, 5) is 15.7. The molecule has 8 heteroatoms. The fourth-order valence-corrected chi connectivity index (χ4v) is 4.01. The maximum atomic E-state index is 13.5. The van der Waals surface area contributed by atoms with E-state index in [0.29, 0.717) is 35.7 Å². The predicted molar refractivity (Wildman–Crippen MR) is 110 cm³/mol. The van der Waals surface area contributed by atoms with Crippen LogP contribution in [0.1, 0.15) is 43.4 Å². The van der Waals surface area contributed by atoms with Gasteiger partial charge in [0.05, 0.1) is 11.1 Å². The second-order valence-corrected chi connectivity index (χ2v) is 7.42. The molecule has 0 amide bonds. The number of hydrogen-bond acceptors (Lipinski definition) is 3. The van der Waals surface area contributed by atoms with Gasteiger partial charge in [0.25, 0.3) is 0 Å². The van der Waals surface area contributed by atoms with Crippen LogP contribution in [0.3, 0.4) is 0 Å². The number of benzene rings is 2. The molecule has 1 aliphatic rings. The van der Waals surface area contributed by atoms with Gasteiger partial charge < -0.3 is 14.9 Å². The van der Waals surface area contributed by atoms with Crippen LogP contribution in [0.2, 0.25) is 0 Å². The minimum Gasteiger partial charge on any atom is -0.478 e. The first kappa shape index (κ1) is 22.7. The van der Waals surface area contributed by atoms with E-state index in [2.05, 4.69) is 0 Å². The molecule has 4 nitrogen and oxygen atoms in total. The quantitative estimate of drug-likeness (QED) is 0.598. The van der Waals surface area contributed by atoms with E-state index in [1.807, 2.05) is 18.7 Å². The molecule has 0 spiro atoms. The molecule has 1 heterocycles. The van der Waals surface area contributed by atoms with E-state index in [1.54, 1.807) is 24.0 Å². The Balaban J connectivity index is 2.27. The van der Waals surface area contributed by atoms with E-state index in [9.17, 15) is 27.5 Å². The van der Waals surface area contributed by atoms with Crippen LogP contribution >= 0.6 is 0 Å². The van der Waals surface area contributed by atoms with Crippen molar-refractivity contribution in [3.05, 3.63) is 76.4 Å². The van der Waals surface area contributed by atoms with Crippen LogP contribution in [0, 0.1) is 5.82 Å². The van der Waals surface area contributed by atoms with Crippen molar-refractivity contribution in [2.45, 2.75) is 39.4 Å². The minimum absolute atomic E-state index is 0.101. The summed E-state index contributed by atoms with van der Waals surface area (Å²) in [7, 11) is 0. The van der Waals surface area contributed by atoms with Gasteiger partial charge in [-0.3, -0.25) is 0 Å². The number of rotatable bonds is 6. The molecular weight excluding hydrogens is 412 g/mol. The number of fused-ring (bicyclic) bond motifs is 1. The minimum atomic E-state index is -4.54. The smallest absolute Gasteiger partial charge is 0.416 e. The van der Waals surface area contributed by atoms with E-state index in [0.717, 1.165) is 12.1 Å². The maximum absolute atomic E-state index is 13.5. The van der Waals surface area contributed by atoms with Crippen LogP contribution in [0.5, 0.6) is 0 Å². The highest BCUT2D eigenvalue weighted by Gasteiger charge is 2.38. The van der Waals surface area contributed by atoms with Gasteiger partial charge in [-0.2, -0.15) is 13.2 Å². The lowest BCUT2D eigenvalue weighted by atomic mass is 9.86. The molecule has 0 saturated carbocycles. The van der Waals surface area contributed by atoms with Crippen LogP contribution in [-0.2, 0) is 17.5 Å². The molecule has 1 unspecified atom stereocenters. The summed E-state index contributed by atoms with van der Waals surface area (Å²) < 4.78 is 53.8. The fraction of sp³-hybridized carbons (Fsp3) is 0.348. The molecular formula is C23H24F4N2O2. The Hall–Kier alpha value is -3.03. The summed E-state index contributed by atoms with van der Waals surface area (Å²) in [6.07, 6.45) is -4.54. The van der Waals surface area contributed by atoms with Gasteiger partial charge in [0.1, 0.15) is 11.6 Å². The van der Waals surface area contributed by atoms with E-state index in [4.69, 9.17) is 0 Å². The van der Waals surface area contributed by atoms with E-state index in [-0.39, 0.29) is 12.1 Å². The summed E-state index contributed by atoms with van der Waals surface area (Å²) in [6.45, 7) is 6.46. The molecule has 1 aliphatic heterocycles. The van der Waals surface area contributed by atoms with Gasteiger partial charge >= 0.3 is 12.1 Å². The van der Waals surface area contributed by atoms with Crippen LogP contribution in [-0.4, -0.2) is 29.1 Å². The summed E-state index contributed by atoms with van der Waals surface area (Å²) in [5, 5.41) is 10.0. The normalized spacial score (nSPS) is 16.4. The number of hydrogen-bond donors (Lipinski definition) is 1. The zero-order valence-electron chi connectivity index (χ0n) is 17.5. The molecule has 1 atom stereocenters. The highest BCUT2D eigenvalue weighted by molar-refractivity contribution is 5.92. The molecule has 2 aromatic rings. The summed E-state index contributed by atoms with van der Waals surface area (Å²) in [5.41, 5.74) is 0.772. The van der Waals surface area contributed by atoms with Crippen LogP contribution < -0.4 is 4.90 Å². The molecule has 2 aromatic carbocycles. The molecule has 1 N–H and O–H groups in total. The number of carbonyl (C=O) groups is 1. The van der Waals surface area contributed by atoms with Crippen molar-refractivity contribution in [1.82, 2.24) is 4.90 Å². The number of carboxylic acid groups (broad SMARTS) is 1. The highest BCUT2D eigenvalue weighted by atomic mass is 19.4. The Labute approximate surface area is 178 Å². The topological polar surface area (TPSA) is 43.8 Å². The van der Waals surface area contributed by atoms with Crippen molar-refractivity contribution in [1.29, 1.82) is 0 Å². The molecule has 0 bridgehead atoms. The van der Waals surface area contributed by atoms with Gasteiger partial charge in [-0.05, 0) is 49.2 Å². The number of carboxylic acids is 1. The average Bonchev–Trinajstić information content (AvgIpc) is 2.71. The highest BCUT2D eigenvalue weighted by Crippen LogP contribution is 2.45. The molecule has 166 valence electrons. The van der Waals surface area contributed by atoms with Gasteiger partial charge in [-0.15, -0.1) is 0 Å². The Morgan fingerprint density at radius 1 is 1.10 bits per heavy atom. The zero-order chi connectivity index (χ0) is 22.9. The zero-order valence-corrected chi connectivity index (χ0v) is 17.5. The Bertz CT molecular complexity index is 996. The van der Waals surface area contributed by atoms with Gasteiger partial charge in [-0.25, -0.2) is 9.18 Å². The largest absolute Gasteiger partial charge is 0.478 e. The molecule has 0 fully saturated rings. The molecule has 31 heavy (non-hydrogen) atoms. The van der Waals surface area contributed by atoms with Crippen molar-refractivity contribution < 1.29 is 27.5 Å². The number of nitrogens with zero attached hydrogens (tertiary/aromatic N) is 2.